The van der Waals surface area contributed by atoms with Crippen LogP contribution in [-0.2, 0) is 14.3 Å². The first-order chi connectivity index (χ1) is 12.8. The molecule has 0 bridgehead atoms. The predicted octanol–water partition coefficient (Wildman–Crippen LogP) is 3.55. The van der Waals surface area contributed by atoms with E-state index in [1.165, 1.54) is 31.2 Å². The fraction of sp³-hybridized carbons (Fsp3) is 0.263. The molecule has 1 N–H and O–H groups in total. The number of alkyl halides is 2. The van der Waals surface area contributed by atoms with Crippen LogP contribution in [0.5, 0.6) is 11.5 Å². The standard InChI is InChI=1S/C19H19F2NO5/c1-12-6-5-7-14(10-12)26-13(2)18(24)25-11-17(23)22-15-8-3-4-9-16(15)27-19(20)21/h3-10,13,19H,11H2,1-2H3,(H,22,23)/t13-/m1/s1. The third kappa shape index (κ3) is 6.58. The van der Waals surface area contributed by atoms with Crippen LogP contribution in [0.3, 0.4) is 0 Å². The Bertz CT molecular complexity index is 797. The first-order valence-corrected chi connectivity index (χ1v) is 8.09. The summed E-state index contributed by atoms with van der Waals surface area (Å²) in [7, 11) is 0. The van der Waals surface area contributed by atoms with Crippen LogP contribution in [0.2, 0.25) is 0 Å². The summed E-state index contributed by atoms with van der Waals surface area (Å²) < 4.78 is 39.4. The summed E-state index contributed by atoms with van der Waals surface area (Å²) in [5.74, 6) is -1.12. The average Bonchev–Trinajstić information content (AvgIpc) is 2.61. The minimum Gasteiger partial charge on any atom is -0.479 e. The van der Waals surface area contributed by atoms with E-state index in [9.17, 15) is 18.4 Å². The first kappa shape index (κ1) is 20.2. The van der Waals surface area contributed by atoms with Crippen LogP contribution >= 0.6 is 0 Å². The van der Waals surface area contributed by atoms with Crippen molar-refractivity contribution in [3.63, 3.8) is 0 Å². The lowest BCUT2D eigenvalue weighted by atomic mass is 10.2. The van der Waals surface area contributed by atoms with Crippen molar-refractivity contribution < 1.29 is 32.6 Å². The Morgan fingerprint density at radius 2 is 1.81 bits per heavy atom. The van der Waals surface area contributed by atoms with Crippen molar-refractivity contribution in [2.45, 2.75) is 26.6 Å². The first-order valence-electron chi connectivity index (χ1n) is 8.09. The molecule has 0 radical (unpaired) electrons. The van der Waals surface area contributed by atoms with Gasteiger partial charge in [0.15, 0.2) is 12.7 Å². The maximum Gasteiger partial charge on any atom is 0.387 e. The van der Waals surface area contributed by atoms with Gasteiger partial charge in [-0.2, -0.15) is 8.78 Å². The molecule has 0 saturated carbocycles. The van der Waals surface area contributed by atoms with Crippen molar-refractivity contribution in [1.82, 2.24) is 0 Å². The van der Waals surface area contributed by atoms with Gasteiger partial charge in [0.05, 0.1) is 5.69 Å². The highest BCUT2D eigenvalue weighted by molar-refractivity contribution is 5.94. The number of para-hydroxylation sites is 2. The van der Waals surface area contributed by atoms with Crippen LogP contribution < -0.4 is 14.8 Å². The van der Waals surface area contributed by atoms with E-state index in [4.69, 9.17) is 9.47 Å². The number of esters is 1. The molecule has 27 heavy (non-hydrogen) atoms. The number of hydrogen-bond acceptors (Lipinski definition) is 5. The molecule has 1 atom stereocenters. The molecule has 0 unspecified atom stereocenters. The second-order valence-electron chi connectivity index (χ2n) is 5.61. The van der Waals surface area contributed by atoms with E-state index in [2.05, 4.69) is 10.1 Å². The molecular formula is C19H19F2NO5. The summed E-state index contributed by atoms with van der Waals surface area (Å²) in [5, 5.41) is 2.35. The lowest BCUT2D eigenvalue weighted by Crippen LogP contribution is -2.29. The summed E-state index contributed by atoms with van der Waals surface area (Å²) in [6.45, 7) is -0.242. The Hall–Kier alpha value is -3.16. The van der Waals surface area contributed by atoms with Crippen LogP contribution in [0.25, 0.3) is 0 Å². The number of amides is 1. The molecule has 2 aromatic rings. The Morgan fingerprint density at radius 3 is 2.52 bits per heavy atom. The Balaban J connectivity index is 1.85. The SMILES string of the molecule is Cc1cccc(O[C@H](C)C(=O)OCC(=O)Nc2ccccc2OC(F)F)c1. The zero-order valence-corrected chi connectivity index (χ0v) is 14.8. The molecule has 2 rings (SSSR count). The van der Waals surface area contributed by atoms with Gasteiger partial charge in [-0.05, 0) is 43.7 Å². The summed E-state index contributed by atoms with van der Waals surface area (Å²) in [5.41, 5.74) is 1.01. The number of carbonyl (C=O) groups excluding carboxylic acids is 2. The second-order valence-corrected chi connectivity index (χ2v) is 5.61. The molecule has 0 aromatic heterocycles. The van der Waals surface area contributed by atoms with E-state index in [-0.39, 0.29) is 11.4 Å². The third-order valence-corrected chi connectivity index (χ3v) is 3.36. The maximum absolute atomic E-state index is 12.4. The Morgan fingerprint density at radius 1 is 1.07 bits per heavy atom. The van der Waals surface area contributed by atoms with E-state index >= 15 is 0 Å². The molecule has 0 aliphatic heterocycles. The maximum atomic E-state index is 12.4. The lowest BCUT2D eigenvalue weighted by Gasteiger charge is -2.15. The van der Waals surface area contributed by atoms with Gasteiger partial charge in [0, 0.05) is 0 Å². The van der Waals surface area contributed by atoms with Crippen LogP contribution in [0, 0.1) is 6.92 Å². The number of rotatable bonds is 8. The Kier molecular flexibility index (Phi) is 7.10. The fourth-order valence-electron chi connectivity index (χ4n) is 2.15. The minimum atomic E-state index is -3.03. The molecule has 144 valence electrons. The van der Waals surface area contributed by atoms with E-state index in [0.717, 1.165) is 5.56 Å². The topological polar surface area (TPSA) is 73.9 Å². The van der Waals surface area contributed by atoms with Crippen molar-refractivity contribution in [2.24, 2.45) is 0 Å². The minimum absolute atomic E-state index is 0.0444. The number of hydrogen-bond donors (Lipinski definition) is 1. The van der Waals surface area contributed by atoms with Gasteiger partial charge in [-0.15, -0.1) is 0 Å². The Labute approximate surface area is 155 Å². The van der Waals surface area contributed by atoms with Crippen molar-refractivity contribution in [3.8, 4) is 11.5 Å². The highest BCUT2D eigenvalue weighted by atomic mass is 19.3. The average molecular weight is 379 g/mol. The van der Waals surface area contributed by atoms with Crippen molar-refractivity contribution in [1.29, 1.82) is 0 Å². The molecule has 0 saturated heterocycles. The summed E-state index contributed by atoms with van der Waals surface area (Å²) in [6, 6.07) is 12.8. The predicted molar refractivity (Wildman–Crippen MR) is 93.9 cm³/mol. The van der Waals surface area contributed by atoms with Crippen molar-refractivity contribution in [2.75, 3.05) is 11.9 Å². The number of carbonyl (C=O) groups is 2. The van der Waals surface area contributed by atoms with Crippen LogP contribution in [0.15, 0.2) is 48.5 Å². The van der Waals surface area contributed by atoms with Crippen LogP contribution in [-0.4, -0.2) is 31.2 Å². The third-order valence-electron chi connectivity index (χ3n) is 3.36. The molecule has 6 nitrogen and oxygen atoms in total. The lowest BCUT2D eigenvalue weighted by molar-refractivity contribution is -0.153. The largest absolute Gasteiger partial charge is 0.479 e. The zero-order valence-electron chi connectivity index (χ0n) is 14.8. The highest BCUT2D eigenvalue weighted by Crippen LogP contribution is 2.25. The molecule has 0 fully saturated rings. The number of anilines is 1. The van der Waals surface area contributed by atoms with Gasteiger partial charge in [0.2, 0.25) is 0 Å². The molecule has 0 heterocycles. The van der Waals surface area contributed by atoms with Crippen molar-refractivity contribution >= 4 is 17.6 Å². The van der Waals surface area contributed by atoms with Gasteiger partial charge >= 0.3 is 12.6 Å². The number of benzene rings is 2. The van der Waals surface area contributed by atoms with Gasteiger partial charge in [-0.25, -0.2) is 4.79 Å². The van der Waals surface area contributed by atoms with Gasteiger partial charge in [-0.3, -0.25) is 4.79 Å². The zero-order chi connectivity index (χ0) is 19.8. The second kappa shape index (κ2) is 9.51. The monoisotopic (exact) mass is 379 g/mol. The molecule has 0 aliphatic carbocycles. The van der Waals surface area contributed by atoms with Gasteiger partial charge in [0.25, 0.3) is 5.91 Å². The molecule has 1 amide bonds. The van der Waals surface area contributed by atoms with E-state index in [0.29, 0.717) is 5.75 Å². The van der Waals surface area contributed by atoms with Gasteiger partial charge in [0.1, 0.15) is 11.5 Å². The highest BCUT2D eigenvalue weighted by Gasteiger charge is 2.18. The number of aryl methyl sites for hydroxylation is 1. The normalized spacial score (nSPS) is 11.6. The van der Waals surface area contributed by atoms with Crippen LogP contribution in [0.1, 0.15) is 12.5 Å². The number of nitrogens with one attached hydrogen (secondary N) is 1. The van der Waals surface area contributed by atoms with E-state index in [1.807, 2.05) is 13.0 Å². The summed E-state index contributed by atoms with van der Waals surface area (Å²) in [4.78, 5) is 23.9. The fourth-order valence-corrected chi connectivity index (χ4v) is 2.15. The molecule has 2 aromatic carbocycles. The van der Waals surface area contributed by atoms with E-state index < -0.39 is 31.2 Å². The summed E-state index contributed by atoms with van der Waals surface area (Å²) in [6.07, 6.45) is -0.922. The number of ether oxygens (including phenoxy) is 3. The van der Waals surface area contributed by atoms with E-state index in [1.54, 1.807) is 18.2 Å². The van der Waals surface area contributed by atoms with Crippen molar-refractivity contribution in [3.05, 3.63) is 54.1 Å². The van der Waals surface area contributed by atoms with Gasteiger partial charge in [-0.1, -0.05) is 24.3 Å². The smallest absolute Gasteiger partial charge is 0.387 e. The molecule has 8 heteroatoms. The number of halogens is 2. The summed E-state index contributed by atoms with van der Waals surface area (Å²) >= 11 is 0. The molecule has 0 aliphatic rings. The molecular weight excluding hydrogens is 360 g/mol. The van der Waals surface area contributed by atoms with Crippen LogP contribution in [0.4, 0.5) is 14.5 Å². The quantitative estimate of drug-likeness (QED) is 0.710. The van der Waals surface area contributed by atoms with Gasteiger partial charge < -0.3 is 19.5 Å². The molecule has 0 spiro atoms.